The monoisotopic (exact) mass is 402 g/mol. The molecule has 4 rings (SSSR count). The van der Waals surface area contributed by atoms with E-state index in [4.69, 9.17) is 4.74 Å². The van der Waals surface area contributed by atoms with Gasteiger partial charge in [0.1, 0.15) is 0 Å². The molecule has 1 heterocycles. The first-order valence-corrected chi connectivity index (χ1v) is 10.6. The van der Waals surface area contributed by atoms with Crippen molar-refractivity contribution >= 4 is 0 Å². The molecule has 0 bridgehead atoms. The van der Waals surface area contributed by atoms with Crippen molar-refractivity contribution in [2.45, 2.75) is 50.5 Å². The lowest BCUT2D eigenvalue weighted by Gasteiger charge is -2.46. The number of benzene rings is 3. The van der Waals surface area contributed by atoms with Gasteiger partial charge in [0.2, 0.25) is 0 Å². The Morgan fingerprint density at radius 1 is 0.833 bits per heavy atom. The Bertz CT molecular complexity index is 1010. The van der Waals surface area contributed by atoms with Crippen LogP contribution >= 0.6 is 0 Å². The summed E-state index contributed by atoms with van der Waals surface area (Å²) in [5.41, 5.74) is 2.81. The summed E-state index contributed by atoms with van der Waals surface area (Å²) in [6.07, 6.45) is 2.24. The molecule has 3 aromatic rings. The van der Waals surface area contributed by atoms with E-state index in [1.165, 1.54) is 5.56 Å². The van der Waals surface area contributed by atoms with E-state index in [9.17, 15) is 10.2 Å². The molecule has 0 radical (unpaired) electrons. The Kier molecular flexibility index (Phi) is 5.33. The summed E-state index contributed by atoms with van der Waals surface area (Å²) in [6, 6.07) is 24.0. The molecule has 2 unspecified atom stereocenters. The van der Waals surface area contributed by atoms with Gasteiger partial charge in [0.25, 0.3) is 0 Å². The van der Waals surface area contributed by atoms with Crippen molar-refractivity contribution in [3.05, 3.63) is 83.9 Å². The molecule has 0 aromatic heterocycles. The van der Waals surface area contributed by atoms with Crippen molar-refractivity contribution in [3.8, 4) is 22.6 Å². The maximum atomic E-state index is 11.1. The number of ether oxygens (including phenoxy) is 1. The lowest BCUT2D eigenvalue weighted by atomic mass is 9.57. The minimum Gasteiger partial charge on any atom is -0.504 e. The van der Waals surface area contributed by atoms with Gasteiger partial charge in [-0.05, 0) is 24.0 Å². The lowest BCUT2D eigenvalue weighted by molar-refractivity contribution is 0.233. The predicted molar refractivity (Wildman–Crippen MR) is 121 cm³/mol. The van der Waals surface area contributed by atoms with Crippen LogP contribution < -0.4 is 0 Å². The fraction of sp³-hybridized carbons (Fsp3) is 0.333. The van der Waals surface area contributed by atoms with Crippen LogP contribution in [0.4, 0.5) is 0 Å². The van der Waals surface area contributed by atoms with Crippen LogP contribution in [0.3, 0.4) is 0 Å². The smallest absolute Gasteiger partial charge is 0.165 e. The second kappa shape index (κ2) is 7.81. The number of hydrogen-bond donors (Lipinski definition) is 2. The van der Waals surface area contributed by atoms with Gasteiger partial charge >= 0.3 is 0 Å². The highest BCUT2D eigenvalue weighted by Crippen LogP contribution is 2.52. The minimum atomic E-state index is -0.431. The van der Waals surface area contributed by atoms with Crippen LogP contribution in [0.15, 0.2) is 72.8 Å². The van der Waals surface area contributed by atoms with Crippen LogP contribution in [-0.2, 0) is 15.6 Å². The molecule has 3 aromatic carbocycles. The van der Waals surface area contributed by atoms with Crippen molar-refractivity contribution in [2.75, 3.05) is 6.61 Å². The topological polar surface area (TPSA) is 53.0 Å². The number of hydrogen-bond acceptors (Lipinski definition) is 3. The average molecular weight is 403 g/mol. The second-order valence-corrected chi connectivity index (χ2v) is 9.04. The summed E-state index contributed by atoms with van der Waals surface area (Å²) in [7, 11) is 0. The van der Waals surface area contributed by atoms with Gasteiger partial charge in [-0.25, -0.2) is 0 Å². The van der Waals surface area contributed by atoms with Crippen molar-refractivity contribution in [3.63, 3.8) is 0 Å². The summed E-state index contributed by atoms with van der Waals surface area (Å²) in [6.45, 7) is 7.41. The molecule has 2 atom stereocenters. The van der Waals surface area contributed by atoms with Gasteiger partial charge in [0.15, 0.2) is 11.5 Å². The molecule has 30 heavy (non-hydrogen) atoms. The van der Waals surface area contributed by atoms with Crippen LogP contribution in [0.25, 0.3) is 11.1 Å². The van der Waals surface area contributed by atoms with E-state index in [-0.39, 0.29) is 16.9 Å². The predicted octanol–water partition coefficient (Wildman–Crippen LogP) is 6.18. The number of aromatic hydroxyl groups is 2. The summed E-state index contributed by atoms with van der Waals surface area (Å²) in [5, 5.41) is 22.0. The molecule has 0 spiro atoms. The highest BCUT2D eigenvalue weighted by atomic mass is 16.6. The maximum Gasteiger partial charge on any atom is 0.165 e. The maximum absolute atomic E-state index is 11.1. The highest BCUT2D eigenvalue weighted by Gasteiger charge is 2.46. The van der Waals surface area contributed by atoms with Crippen LogP contribution in [0.1, 0.15) is 44.7 Å². The molecule has 0 saturated carbocycles. The zero-order valence-electron chi connectivity index (χ0n) is 17.9. The molecule has 1 saturated heterocycles. The van der Waals surface area contributed by atoms with Crippen LogP contribution in [0.5, 0.6) is 11.5 Å². The Hall–Kier alpha value is -2.78. The quantitative estimate of drug-likeness (QED) is 0.366. The summed E-state index contributed by atoms with van der Waals surface area (Å²) < 4.78 is 5.48. The molecule has 3 heteroatoms. The van der Waals surface area contributed by atoms with E-state index in [0.29, 0.717) is 11.7 Å². The van der Waals surface area contributed by atoms with E-state index in [2.05, 4.69) is 45.0 Å². The van der Waals surface area contributed by atoms with Gasteiger partial charge in [-0.3, -0.25) is 0 Å². The Morgan fingerprint density at radius 3 is 2.03 bits per heavy atom. The van der Waals surface area contributed by atoms with Crippen molar-refractivity contribution < 1.29 is 14.9 Å². The molecule has 1 fully saturated rings. The molecular formula is C27H30O3. The summed E-state index contributed by atoms with van der Waals surface area (Å²) >= 11 is 0. The molecule has 2 N–H and O–H groups in total. The first kappa shape index (κ1) is 20.5. The van der Waals surface area contributed by atoms with Gasteiger partial charge < -0.3 is 14.9 Å². The summed E-state index contributed by atoms with van der Waals surface area (Å²) in [4.78, 5) is 0. The zero-order valence-corrected chi connectivity index (χ0v) is 17.9. The Balaban J connectivity index is 1.79. The fourth-order valence-electron chi connectivity index (χ4n) is 4.54. The van der Waals surface area contributed by atoms with E-state index in [1.807, 2.05) is 48.5 Å². The third-order valence-electron chi connectivity index (χ3n) is 7.07. The van der Waals surface area contributed by atoms with Crippen molar-refractivity contribution in [1.29, 1.82) is 0 Å². The van der Waals surface area contributed by atoms with Crippen molar-refractivity contribution in [2.24, 2.45) is 0 Å². The van der Waals surface area contributed by atoms with Crippen molar-refractivity contribution in [1.82, 2.24) is 0 Å². The number of epoxide rings is 1. The van der Waals surface area contributed by atoms with Gasteiger partial charge in [-0.2, -0.15) is 0 Å². The van der Waals surface area contributed by atoms with E-state index in [1.54, 1.807) is 0 Å². The largest absolute Gasteiger partial charge is 0.504 e. The molecule has 0 amide bonds. The molecule has 1 aliphatic heterocycles. The van der Waals surface area contributed by atoms with E-state index < -0.39 is 5.41 Å². The van der Waals surface area contributed by atoms with Gasteiger partial charge in [0.05, 0.1) is 12.7 Å². The normalized spacial score (nSPS) is 18.0. The van der Waals surface area contributed by atoms with Crippen LogP contribution in [-0.4, -0.2) is 22.9 Å². The fourth-order valence-corrected chi connectivity index (χ4v) is 4.54. The van der Waals surface area contributed by atoms with Crippen LogP contribution in [0, 0.1) is 0 Å². The number of phenols is 2. The minimum absolute atomic E-state index is 0.0359. The first-order chi connectivity index (χ1) is 14.3. The van der Waals surface area contributed by atoms with Crippen LogP contribution in [0.2, 0.25) is 0 Å². The third-order valence-corrected chi connectivity index (χ3v) is 7.07. The zero-order chi connectivity index (χ0) is 21.4. The first-order valence-electron chi connectivity index (χ1n) is 10.6. The third kappa shape index (κ3) is 3.59. The highest BCUT2D eigenvalue weighted by molar-refractivity contribution is 5.75. The molecular weight excluding hydrogens is 372 g/mol. The summed E-state index contributed by atoms with van der Waals surface area (Å²) in [5.74, 6) is -0.0982. The second-order valence-electron chi connectivity index (χ2n) is 9.04. The molecule has 156 valence electrons. The Morgan fingerprint density at radius 2 is 1.43 bits per heavy atom. The van der Waals surface area contributed by atoms with Gasteiger partial charge in [0, 0.05) is 22.0 Å². The SMILES string of the molecule is CC(C)(c1ccc(-c2ccccc2)c(O)c1O)C(C)(CCC1CO1)c1ccccc1. The number of rotatable bonds is 7. The lowest BCUT2D eigenvalue weighted by Crippen LogP contribution is -2.43. The number of phenolic OH excluding ortho intramolecular Hbond substituents is 2. The molecule has 1 aliphatic rings. The molecule has 3 nitrogen and oxygen atoms in total. The van der Waals surface area contributed by atoms with E-state index in [0.717, 1.165) is 30.6 Å². The Labute approximate surface area is 179 Å². The van der Waals surface area contributed by atoms with E-state index >= 15 is 0 Å². The standard InChI is InChI=1S/C27H30O3/c1-26(2,27(3,17-16-21-18-30-21)20-12-8-5-9-13-20)23-15-14-22(24(28)25(23)29)19-10-6-4-7-11-19/h4-15,21,28-29H,16-18H2,1-3H3. The average Bonchev–Trinajstić information content (AvgIpc) is 3.59. The van der Waals surface area contributed by atoms with Gasteiger partial charge in [-0.1, -0.05) is 93.6 Å². The molecule has 0 aliphatic carbocycles. The van der Waals surface area contributed by atoms with Gasteiger partial charge in [-0.15, -0.1) is 0 Å².